The maximum Gasteiger partial charge on any atom is 0.276 e. The lowest BCUT2D eigenvalue weighted by molar-refractivity contribution is -0.511. The normalized spacial score (nSPS) is 20.3. The highest BCUT2D eigenvalue weighted by atomic mass is 35.5. The summed E-state index contributed by atoms with van der Waals surface area (Å²) in [4.78, 5) is 6.30. The average molecular weight is 516 g/mol. The summed E-state index contributed by atoms with van der Waals surface area (Å²) in [5.74, 6) is 1.14. The van der Waals surface area contributed by atoms with E-state index in [2.05, 4.69) is 78.5 Å². The van der Waals surface area contributed by atoms with Gasteiger partial charge in [0.05, 0.1) is 0 Å². The molecule has 1 heterocycles. The summed E-state index contributed by atoms with van der Waals surface area (Å²) in [5, 5.41) is 5.70. The molecule has 0 aromatic heterocycles. The second-order valence-corrected chi connectivity index (χ2v) is 11.7. The van der Waals surface area contributed by atoms with Crippen molar-refractivity contribution in [1.29, 1.82) is 0 Å². The zero-order chi connectivity index (χ0) is 24.3. The largest absolute Gasteiger partial charge is 0.308 e. The van der Waals surface area contributed by atoms with Crippen LogP contribution in [0.5, 0.6) is 0 Å². The second kappa shape index (κ2) is 10.4. The first kappa shape index (κ1) is 25.2. The third-order valence-electron chi connectivity index (χ3n) is 6.99. The molecule has 1 spiro atoms. The highest BCUT2D eigenvalue weighted by Crippen LogP contribution is 2.38. The highest BCUT2D eigenvalue weighted by Gasteiger charge is 2.54. The smallest absolute Gasteiger partial charge is 0.276 e. The van der Waals surface area contributed by atoms with Crippen molar-refractivity contribution in [2.75, 3.05) is 0 Å². The van der Waals surface area contributed by atoms with Crippen molar-refractivity contribution in [3.8, 4) is 0 Å². The lowest BCUT2D eigenvalue weighted by Gasteiger charge is -2.38. The van der Waals surface area contributed by atoms with Crippen LogP contribution in [0.3, 0.4) is 0 Å². The van der Waals surface area contributed by atoms with E-state index in [0.29, 0.717) is 10.0 Å². The number of thiocarbonyl (C=S) groups is 1. The molecule has 2 aromatic rings. The van der Waals surface area contributed by atoms with Crippen molar-refractivity contribution >= 4 is 52.4 Å². The van der Waals surface area contributed by atoms with Crippen LogP contribution < -0.4 is 10.3 Å². The molecule has 1 saturated carbocycles. The molecule has 1 saturated heterocycles. The number of benzene rings is 2. The van der Waals surface area contributed by atoms with Crippen molar-refractivity contribution in [2.45, 2.75) is 71.0 Å². The molecule has 4 rings (SSSR count). The van der Waals surface area contributed by atoms with Gasteiger partial charge in [0.2, 0.25) is 0 Å². The zero-order valence-corrected chi connectivity index (χ0v) is 22.5. The molecule has 0 bridgehead atoms. The fourth-order valence-electron chi connectivity index (χ4n) is 4.98. The quantitative estimate of drug-likeness (QED) is 0.479. The van der Waals surface area contributed by atoms with Gasteiger partial charge in [0.1, 0.15) is 11.6 Å². The molecule has 2 N–H and O–H groups in total. The van der Waals surface area contributed by atoms with Gasteiger partial charge in [-0.1, -0.05) is 106 Å². The van der Waals surface area contributed by atoms with E-state index in [0.717, 1.165) is 35.9 Å². The molecule has 0 radical (unpaired) electrons. The van der Waals surface area contributed by atoms with Gasteiger partial charge in [0, 0.05) is 22.0 Å². The number of rotatable bonds is 5. The summed E-state index contributed by atoms with van der Waals surface area (Å²) in [6.07, 6.45) is 10.2. The van der Waals surface area contributed by atoms with E-state index in [9.17, 15) is 0 Å². The Hall–Kier alpha value is -1.88. The summed E-state index contributed by atoms with van der Waals surface area (Å²) in [6, 6.07) is 16.3. The molecular weight excluding hydrogens is 481 g/mol. The summed E-state index contributed by atoms with van der Waals surface area (Å²) < 4.78 is 0. The SMILES string of the molecule is CC(C)(C)[C@@H](/C=C/c1ccc(Cl)cc1Cl)[NH+]=C1NC(=S)N(Cc2ccccc2)C12CCCCC2. The minimum atomic E-state index is -0.111. The van der Waals surface area contributed by atoms with E-state index >= 15 is 0 Å². The maximum absolute atomic E-state index is 6.43. The first-order valence-corrected chi connectivity index (χ1v) is 13.3. The van der Waals surface area contributed by atoms with E-state index < -0.39 is 0 Å². The Bertz CT molecular complexity index is 1080. The predicted octanol–water partition coefficient (Wildman–Crippen LogP) is 5.99. The van der Waals surface area contributed by atoms with Crippen molar-refractivity contribution in [3.63, 3.8) is 0 Å². The lowest BCUT2D eigenvalue weighted by atomic mass is 9.79. The highest BCUT2D eigenvalue weighted by molar-refractivity contribution is 7.80. The third-order valence-corrected chi connectivity index (χ3v) is 7.87. The monoisotopic (exact) mass is 514 g/mol. The molecule has 2 aliphatic rings. The average Bonchev–Trinajstić information content (AvgIpc) is 3.03. The predicted molar refractivity (Wildman–Crippen MR) is 148 cm³/mol. The summed E-state index contributed by atoms with van der Waals surface area (Å²) in [6.45, 7) is 7.57. The van der Waals surface area contributed by atoms with Crippen molar-refractivity contribution in [1.82, 2.24) is 10.2 Å². The van der Waals surface area contributed by atoms with Gasteiger partial charge in [-0.25, -0.2) is 5.32 Å². The van der Waals surface area contributed by atoms with Crippen LogP contribution in [-0.2, 0) is 6.54 Å². The molecule has 2 fully saturated rings. The summed E-state index contributed by atoms with van der Waals surface area (Å²) >= 11 is 18.4. The Labute approximate surface area is 219 Å². The van der Waals surface area contributed by atoms with Crippen LogP contribution >= 0.6 is 35.4 Å². The van der Waals surface area contributed by atoms with Crippen LogP contribution in [0.25, 0.3) is 6.08 Å². The van der Waals surface area contributed by atoms with Crippen LogP contribution in [0.4, 0.5) is 0 Å². The van der Waals surface area contributed by atoms with Crippen molar-refractivity contribution in [3.05, 3.63) is 75.8 Å². The maximum atomic E-state index is 6.43. The molecule has 1 aliphatic heterocycles. The molecular formula is C28H34Cl2N3S+. The fourth-order valence-corrected chi connectivity index (χ4v) is 5.79. The van der Waals surface area contributed by atoms with Gasteiger partial charge in [-0.05, 0) is 54.4 Å². The number of nitrogens with zero attached hydrogens (tertiary/aromatic N) is 1. The molecule has 1 aliphatic carbocycles. The third kappa shape index (κ3) is 5.50. The molecule has 180 valence electrons. The Morgan fingerprint density at radius 3 is 2.44 bits per heavy atom. The first-order valence-electron chi connectivity index (χ1n) is 12.1. The van der Waals surface area contributed by atoms with Gasteiger partial charge in [0.15, 0.2) is 0 Å². The Morgan fingerprint density at radius 2 is 1.79 bits per heavy atom. The molecule has 1 atom stereocenters. The number of hydrogen-bond donors (Lipinski definition) is 2. The Morgan fingerprint density at radius 1 is 1.09 bits per heavy atom. The molecule has 0 amide bonds. The zero-order valence-electron chi connectivity index (χ0n) is 20.2. The topological polar surface area (TPSA) is 29.2 Å². The van der Waals surface area contributed by atoms with E-state index in [1.165, 1.54) is 24.8 Å². The van der Waals surface area contributed by atoms with Crippen molar-refractivity contribution in [2.24, 2.45) is 5.41 Å². The van der Waals surface area contributed by atoms with Crippen molar-refractivity contribution < 1.29 is 4.99 Å². The van der Waals surface area contributed by atoms with Crippen LogP contribution in [0.15, 0.2) is 54.6 Å². The summed E-state index contributed by atoms with van der Waals surface area (Å²) in [7, 11) is 0. The molecule has 2 aromatic carbocycles. The van der Waals surface area contributed by atoms with E-state index in [1.54, 1.807) is 6.07 Å². The first-order chi connectivity index (χ1) is 16.2. The molecule has 34 heavy (non-hydrogen) atoms. The van der Waals surface area contributed by atoms with Crippen LogP contribution in [-0.4, -0.2) is 27.4 Å². The van der Waals surface area contributed by atoms with E-state index in [-0.39, 0.29) is 17.0 Å². The standard InChI is InChI=1S/C28H33Cl2N3S/c1-27(2,3)24(15-13-21-12-14-22(29)18-23(21)30)31-25-28(16-8-5-9-17-28)33(26(34)32-25)19-20-10-6-4-7-11-20/h4,6-7,10-15,18,24H,5,8-9,16-17,19H2,1-3H3,(H,31,32,34)/p+1/b15-13+/t24-/m1/s1. The van der Waals surface area contributed by atoms with Crippen LogP contribution in [0.1, 0.15) is 64.0 Å². The van der Waals surface area contributed by atoms with Gasteiger partial charge in [-0.15, -0.1) is 0 Å². The van der Waals surface area contributed by atoms with Crippen LogP contribution in [0, 0.1) is 5.41 Å². The van der Waals surface area contributed by atoms with Gasteiger partial charge < -0.3 is 4.90 Å². The molecule has 0 unspecified atom stereocenters. The molecule has 6 heteroatoms. The number of nitrogens with one attached hydrogen (secondary N) is 2. The van der Waals surface area contributed by atoms with E-state index in [4.69, 9.17) is 35.4 Å². The number of halogens is 2. The number of amidine groups is 1. The minimum Gasteiger partial charge on any atom is -0.308 e. The minimum absolute atomic E-state index is 0.0194. The lowest BCUT2D eigenvalue weighted by Crippen LogP contribution is -2.87. The van der Waals surface area contributed by atoms with E-state index in [1.807, 2.05) is 12.1 Å². The summed E-state index contributed by atoms with van der Waals surface area (Å²) in [5.41, 5.74) is 2.11. The Kier molecular flexibility index (Phi) is 7.71. The van der Waals surface area contributed by atoms with Crippen LogP contribution in [0.2, 0.25) is 10.0 Å². The van der Waals surface area contributed by atoms with Gasteiger partial charge in [0.25, 0.3) is 10.9 Å². The van der Waals surface area contributed by atoms with Gasteiger partial charge in [-0.2, -0.15) is 0 Å². The Balaban J connectivity index is 1.69. The van der Waals surface area contributed by atoms with Gasteiger partial charge in [-0.3, -0.25) is 4.99 Å². The molecule has 3 nitrogen and oxygen atoms in total. The second-order valence-electron chi connectivity index (χ2n) is 10.5. The van der Waals surface area contributed by atoms with Gasteiger partial charge >= 0.3 is 0 Å². The number of hydrogen-bond acceptors (Lipinski definition) is 1. The fraction of sp³-hybridized carbons (Fsp3) is 0.429.